The van der Waals surface area contributed by atoms with Gasteiger partial charge in [-0.2, -0.15) is 0 Å². The first-order chi connectivity index (χ1) is 12.6. The molecule has 6 nitrogen and oxygen atoms in total. The third-order valence-electron chi connectivity index (χ3n) is 4.47. The Morgan fingerprint density at radius 3 is 2.54 bits per heavy atom. The molecular weight excluding hydrogens is 350 g/mol. The van der Waals surface area contributed by atoms with Gasteiger partial charge >= 0.3 is 0 Å². The number of ether oxygens (including phenoxy) is 1. The van der Waals surface area contributed by atoms with Gasteiger partial charge < -0.3 is 20.3 Å². The normalized spacial score (nSPS) is 17.3. The molecule has 1 atom stereocenters. The molecule has 1 unspecified atom stereocenters. The van der Waals surface area contributed by atoms with Crippen LogP contribution in [-0.4, -0.2) is 82.3 Å². The van der Waals surface area contributed by atoms with E-state index in [9.17, 15) is 0 Å². The van der Waals surface area contributed by atoms with Gasteiger partial charge in [0.15, 0.2) is 5.96 Å². The second kappa shape index (κ2) is 11.4. The summed E-state index contributed by atoms with van der Waals surface area (Å²) in [5.41, 5.74) is 1.22. The summed E-state index contributed by atoms with van der Waals surface area (Å²) in [5, 5.41) is 7.53. The third kappa shape index (κ3) is 7.11. The van der Waals surface area contributed by atoms with E-state index in [-0.39, 0.29) is 6.04 Å². The van der Waals surface area contributed by atoms with E-state index in [1.54, 1.807) is 0 Å². The first-order valence-corrected chi connectivity index (χ1v) is 9.72. The minimum absolute atomic E-state index is 0.210. The zero-order valence-corrected chi connectivity index (χ0v) is 16.9. The topological polar surface area (TPSA) is 52.1 Å². The zero-order chi connectivity index (χ0) is 18.8. The SMILES string of the molecule is CCNC(=NCC(c1ccc(Cl)cc1)N(C)C)NCCN1CCOCC1. The lowest BCUT2D eigenvalue weighted by atomic mass is 10.1. The number of hydrogen-bond donors (Lipinski definition) is 2. The summed E-state index contributed by atoms with van der Waals surface area (Å²) in [5.74, 6) is 0.863. The molecule has 1 aromatic rings. The minimum Gasteiger partial charge on any atom is -0.379 e. The Morgan fingerprint density at radius 2 is 1.92 bits per heavy atom. The van der Waals surface area contributed by atoms with Crippen LogP contribution in [0.15, 0.2) is 29.3 Å². The molecule has 7 heteroatoms. The highest BCUT2D eigenvalue weighted by atomic mass is 35.5. The number of likely N-dealkylation sites (N-methyl/N-ethyl adjacent to an activating group) is 1. The van der Waals surface area contributed by atoms with Crippen molar-refractivity contribution in [2.24, 2.45) is 4.99 Å². The monoisotopic (exact) mass is 381 g/mol. The number of rotatable bonds is 8. The van der Waals surface area contributed by atoms with Crippen LogP contribution in [0.3, 0.4) is 0 Å². The third-order valence-corrected chi connectivity index (χ3v) is 4.72. The van der Waals surface area contributed by atoms with Crippen molar-refractivity contribution in [2.45, 2.75) is 13.0 Å². The molecule has 0 bridgehead atoms. The Bertz CT molecular complexity index is 543. The van der Waals surface area contributed by atoms with Gasteiger partial charge in [-0.3, -0.25) is 9.89 Å². The van der Waals surface area contributed by atoms with E-state index in [0.717, 1.165) is 56.9 Å². The van der Waals surface area contributed by atoms with Crippen molar-refractivity contribution in [3.05, 3.63) is 34.9 Å². The van der Waals surface area contributed by atoms with E-state index in [0.29, 0.717) is 6.54 Å². The van der Waals surface area contributed by atoms with Crippen LogP contribution in [0.4, 0.5) is 0 Å². The van der Waals surface area contributed by atoms with Gasteiger partial charge in [-0.05, 0) is 38.7 Å². The lowest BCUT2D eigenvalue weighted by Crippen LogP contribution is -2.44. The average Bonchev–Trinajstić information content (AvgIpc) is 2.64. The molecule has 1 aromatic carbocycles. The van der Waals surface area contributed by atoms with Crippen molar-refractivity contribution in [3.8, 4) is 0 Å². The van der Waals surface area contributed by atoms with Crippen molar-refractivity contribution in [3.63, 3.8) is 0 Å². The van der Waals surface area contributed by atoms with Gasteiger partial charge in [0.25, 0.3) is 0 Å². The van der Waals surface area contributed by atoms with E-state index in [4.69, 9.17) is 21.3 Å². The number of morpholine rings is 1. The van der Waals surface area contributed by atoms with E-state index in [2.05, 4.69) is 53.6 Å². The number of hydrogen-bond acceptors (Lipinski definition) is 4. The Balaban J connectivity index is 1.90. The van der Waals surface area contributed by atoms with Crippen LogP contribution in [0.2, 0.25) is 5.02 Å². The predicted molar refractivity (Wildman–Crippen MR) is 109 cm³/mol. The fraction of sp³-hybridized carbons (Fsp3) is 0.632. The average molecular weight is 382 g/mol. The molecule has 1 saturated heterocycles. The minimum atomic E-state index is 0.210. The second-order valence-electron chi connectivity index (χ2n) is 6.63. The summed E-state index contributed by atoms with van der Waals surface area (Å²) in [4.78, 5) is 9.39. The predicted octanol–water partition coefficient (Wildman–Crippen LogP) is 1.83. The van der Waals surface area contributed by atoms with Crippen LogP contribution >= 0.6 is 11.6 Å². The number of guanidine groups is 1. The van der Waals surface area contributed by atoms with Crippen molar-refractivity contribution < 1.29 is 4.74 Å². The van der Waals surface area contributed by atoms with Crippen LogP contribution in [0.25, 0.3) is 0 Å². The summed E-state index contributed by atoms with van der Waals surface area (Å²) in [6, 6.07) is 8.22. The van der Waals surface area contributed by atoms with Gasteiger partial charge in [0.1, 0.15) is 0 Å². The lowest BCUT2D eigenvalue weighted by molar-refractivity contribution is 0.0389. The summed E-state index contributed by atoms with van der Waals surface area (Å²) in [6.07, 6.45) is 0. The molecule has 0 radical (unpaired) electrons. The van der Waals surface area contributed by atoms with Crippen LogP contribution < -0.4 is 10.6 Å². The molecule has 0 saturated carbocycles. The summed E-state index contributed by atoms with van der Waals surface area (Å²) in [7, 11) is 4.15. The number of aliphatic imine (C=N–C) groups is 1. The van der Waals surface area contributed by atoms with Gasteiger partial charge in [0.05, 0.1) is 25.8 Å². The smallest absolute Gasteiger partial charge is 0.191 e. The van der Waals surface area contributed by atoms with Gasteiger partial charge in [-0.25, -0.2) is 0 Å². The van der Waals surface area contributed by atoms with Crippen LogP contribution in [-0.2, 0) is 4.74 Å². The summed E-state index contributed by atoms with van der Waals surface area (Å²) >= 11 is 6.01. The number of halogens is 1. The van der Waals surface area contributed by atoms with Crippen molar-refractivity contribution >= 4 is 17.6 Å². The molecule has 1 aliphatic rings. The van der Waals surface area contributed by atoms with Gasteiger partial charge in [-0.1, -0.05) is 23.7 Å². The molecule has 1 fully saturated rings. The van der Waals surface area contributed by atoms with Crippen molar-refractivity contribution in [1.82, 2.24) is 20.4 Å². The molecule has 0 aromatic heterocycles. The van der Waals surface area contributed by atoms with Gasteiger partial charge in [0.2, 0.25) is 0 Å². The summed E-state index contributed by atoms with van der Waals surface area (Å²) < 4.78 is 5.39. The quantitative estimate of drug-likeness (QED) is 0.531. The van der Waals surface area contributed by atoms with E-state index in [1.165, 1.54) is 5.56 Å². The maximum atomic E-state index is 6.01. The van der Waals surface area contributed by atoms with Gasteiger partial charge in [-0.15, -0.1) is 0 Å². The Labute approximate surface area is 162 Å². The second-order valence-corrected chi connectivity index (χ2v) is 7.07. The fourth-order valence-electron chi connectivity index (χ4n) is 2.93. The molecule has 1 aliphatic heterocycles. The van der Waals surface area contributed by atoms with E-state index >= 15 is 0 Å². The Morgan fingerprint density at radius 1 is 1.23 bits per heavy atom. The molecular formula is C19H32ClN5O. The molecule has 1 heterocycles. The summed E-state index contributed by atoms with van der Waals surface area (Å²) in [6.45, 7) is 9.17. The van der Waals surface area contributed by atoms with Crippen molar-refractivity contribution in [2.75, 3.05) is 66.6 Å². The highest BCUT2D eigenvalue weighted by molar-refractivity contribution is 6.30. The largest absolute Gasteiger partial charge is 0.379 e. The molecule has 0 spiro atoms. The van der Waals surface area contributed by atoms with E-state index in [1.807, 2.05) is 12.1 Å². The highest BCUT2D eigenvalue weighted by Gasteiger charge is 2.14. The van der Waals surface area contributed by atoms with Crippen molar-refractivity contribution in [1.29, 1.82) is 0 Å². The molecule has 2 rings (SSSR count). The highest BCUT2D eigenvalue weighted by Crippen LogP contribution is 2.20. The lowest BCUT2D eigenvalue weighted by Gasteiger charge is -2.27. The molecule has 0 aliphatic carbocycles. The first kappa shape index (κ1) is 21.0. The number of benzene rings is 1. The zero-order valence-electron chi connectivity index (χ0n) is 16.2. The maximum absolute atomic E-state index is 6.01. The van der Waals surface area contributed by atoms with Crippen LogP contribution in [0.1, 0.15) is 18.5 Å². The molecule has 146 valence electrons. The van der Waals surface area contributed by atoms with Gasteiger partial charge in [0, 0.05) is 37.7 Å². The van der Waals surface area contributed by atoms with Crippen LogP contribution in [0.5, 0.6) is 0 Å². The van der Waals surface area contributed by atoms with E-state index < -0.39 is 0 Å². The standard InChI is InChI=1S/C19H32ClN5O/c1-4-21-19(22-9-10-25-11-13-26-14-12-25)23-15-18(24(2)3)16-5-7-17(20)8-6-16/h5-8,18H,4,9-15H2,1-3H3,(H2,21,22,23). The molecule has 2 N–H and O–H groups in total. The Hall–Kier alpha value is -1.34. The first-order valence-electron chi connectivity index (χ1n) is 9.34. The maximum Gasteiger partial charge on any atom is 0.191 e. The molecule has 26 heavy (non-hydrogen) atoms. The fourth-order valence-corrected chi connectivity index (χ4v) is 3.05. The number of nitrogens with zero attached hydrogens (tertiary/aromatic N) is 3. The Kier molecular flexibility index (Phi) is 9.18. The molecule has 0 amide bonds. The number of nitrogens with one attached hydrogen (secondary N) is 2. The van der Waals surface area contributed by atoms with Crippen LogP contribution in [0, 0.1) is 0 Å².